The average molecular weight is 306 g/mol. The first-order valence-corrected chi connectivity index (χ1v) is 7.26. The highest BCUT2D eigenvalue weighted by Crippen LogP contribution is 2.19. The van der Waals surface area contributed by atoms with Crippen molar-refractivity contribution in [1.82, 2.24) is 15.0 Å². The zero-order valence-corrected chi connectivity index (χ0v) is 12.1. The summed E-state index contributed by atoms with van der Waals surface area (Å²) in [4.78, 5) is 24.7. The topological polar surface area (TPSA) is 118 Å². The lowest BCUT2D eigenvalue weighted by Gasteiger charge is -2.02. The molecule has 0 aliphatic carbocycles. The Bertz CT molecular complexity index is 678. The number of thioether (sulfide) groups is 1. The summed E-state index contributed by atoms with van der Waals surface area (Å²) in [7, 11) is 0. The number of rotatable bonds is 4. The fourth-order valence-corrected chi connectivity index (χ4v) is 2.53. The fraction of sp³-hybridized carbons (Fsp3) is 0.182. The summed E-state index contributed by atoms with van der Waals surface area (Å²) in [6.45, 7) is 1.91. The molecule has 3 N–H and O–H groups in total. The van der Waals surface area contributed by atoms with E-state index >= 15 is 0 Å². The Morgan fingerprint density at radius 1 is 1.55 bits per heavy atom. The summed E-state index contributed by atoms with van der Waals surface area (Å²) in [6.07, 6.45) is 3.03. The molecule has 9 heteroatoms. The summed E-state index contributed by atoms with van der Waals surface area (Å²) in [5.41, 5.74) is 5.79. The predicted octanol–water partition coefficient (Wildman–Crippen LogP) is 1.43. The number of anilines is 2. The van der Waals surface area contributed by atoms with Crippen LogP contribution in [0.5, 0.6) is 0 Å². The second kappa shape index (κ2) is 6.31. The summed E-state index contributed by atoms with van der Waals surface area (Å²) < 4.78 is 0. The third-order valence-electron chi connectivity index (χ3n) is 2.12. The Labute approximate surface area is 123 Å². The van der Waals surface area contributed by atoms with Crippen LogP contribution in [0.3, 0.4) is 0 Å². The van der Waals surface area contributed by atoms with Crippen molar-refractivity contribution < 1.29 is 4.79 Å². The second-order valence-electron chi connectivity index (χ2n) is 3.68. The number of nitrogens with one attached hydrogen (secondary N) is 1. The highest BCUT2D eigenvalue weighted by Gasteiger charge is 2.09. The van der Waals surface area contributed by atoms with Crippen molar-refractivity contribution in [2.24, 2.45) is 0 Å². The van der Waals surface area contributed by atoms with Gasteiger partial charge < -0.3 is 11.1 Å². The number of nitrogens with zero attached hydrogens (tertiary/aromatic N) is 4. The molecule has 0 radical (unpaired) electrons. The van der Waals surface area contributed by atoms with E-state index < -0.39 is 0 Å². The number of carbonyl (C=O) groups is 1. The van der Waals surface area contributed by atoms with Crippen LogP contribution in [-0.4, -0.2) is 26.6 Å². The first kappa shape index (κ1) is 14.2. The molecule has 0 bridgehead atoms. The minimum atomic E-state index is -0.198. The minimum Gasteiger partial charge on any atom is -0.382 e. The van der Waals surface area contributed by atoms with Gasteiger partial charge in [-0.05, 0) is 6.92 Å². The van der Waals surface area contributed by atoms with E-state index in [1.165, 1.54) is 17.5 Å². The van der Waals surface area contributed by atoms with Crippen LogP contribution in [0.4, 0.5) is 10.9 Å². The molecule has 0 fully saturated rings. The van der Waals surface area contributed by atoms with Crippen LogP contribution in [0, 0.1) is 18.3 Å². The average Bonchev–Trinajstić information content (AvgIpc) is 2.82. The Morgan fingerprint density at radius 2 is 2.35 bits per heavy atom. The lowest BCUT2D eigenvalue weighted by atomic mass is 10.3. The molecule has 0 saturated heterocycles. The lowest BCUT2D eigenvalue weighted by Crippen LogP contribution is -2.14. The van der Waals surface area contributed by atoms with Gasteiger partial charge >= 0.3 is 0 Å². The summed E-state index contributed by atoms with van der Waals surface area (Å²) >= 11 is 2.55. The van der Waals surface area contributed by atoms with Crippen LogP contribution in [0.1, 0.15) is 10.4 Å². The standard InChI is InChI=1S/C11H10N6OS2/c1-6-3-14-11(20-6)16-8(18)5-19-10-15-4-7(2-12)9(13)17-10/h3-4H,5H2,1H3,(H2,13,15,17)(H,14,16,18). The number of thiazole rings is 1. The van der Waals surface area contributed by atoms with E-state index in [9.17, 15) is 4.79 Å². The SMILES string of the molecule is Cc1cnc(NC(=O)CSc2ncc(C#N)c(N)n2)s1. The highest BCUT2D eigenvalue weighted by atomic mass is 32.2. The molecule has 2 rings (SSSR count). The summed E-state index contributed by atoms with van der Waals surface area (Å²) in [5, 5.41) is 12.3. The van der Waals surface area contributed by atoms with Crippen molar-refractivity contribution in [2.45, 2.75) is 12.1 Å². The second-order valence-corrected chi connectivity index (χ2v) is 5.85. The number of carbonyl (C=O) groups excluding carboxylic acids is 1. The first-order chi connectivity index (χ1) is 9.58. The van der Waals surface area contributed by atoms with Gasteiger partial charge in [-0.3, -0.25) is 4.79 Å². The molecule has 0 aromatic carbocycles. The van der Waals surface area contributed by atoms with Crippen LogP contribution < -0.4 is 11.1 Å². The Hall–Kier alpha value is -2.18. The normalized spacial score (nSPS) is 10.0. The number of aryl methyl sites for hydroxylation is 1. The number of hydrogen-bond donors (Lipinski definition) is 2. The van der Waals surface area contributed by atoms with Gasteiger partial charge in [0.2, 0.25) is 5.91 Å². The van der Waals surface area contributed by atoms with Gasteiger partial charge in [0, 0.05) is 11.1 Å². The molecule has 0 aliphatic rings. The molecule has 0 unspecified atom stereocenters. The number of amides is 1. The van der Waals surface area contributed by atoms with Gasteiger partial charge in [0.15, 0.2) is 10.3 Å². The van der Waals surface area contributed by atoms with E-state index in [0.717, 1.165) is 16.6 Å². The molecule has 0 spiro atoms. The maximum Gasteiger partial charge on any atom is 0.236 e. The predicted molar refractivity (Wildman–Crippen MR) is 77.4 cm³/mol. The van der Waals surface area contributed by atoms with E-state index in [0.29, 0.717) is 10.3 Å². The van der Waals surface area contributed by atoms with Crippen molar-refractivity contribution in [2.75, 3.05) is 16.8 Å². The first-order valence-electron chi connectivity index (χ1n) is 5.46. The summed E-state index contributed by atoms with van der Waals surface area (Å²) in [6, 6.07) is 1.88. The maximum absolute atomic E-state index is 11.7. The van der Waals surface area contributed by atoms with E-state index in [2.05, 4.69) is 20.3 Å². The molecule has 20 heavy (non-hydrogen) atoms. The lowest BCUT2D eigenvalue weighted by molar-refractivity contribution is -0.113. The van der Waals surface area contributed by atoms with Crippen molar-refractivity contribution in [1.29, 1.82) is 5.26 Å². The van der Waals surface area contributed by atoms with E-state index in [4.69, 9.17) is 11.0 Å². The molecule has 0 saturated carbocycles. The van der Waals surface area contributed by atoms with Gasteiger partial charge in [0.1, 0.15) is 17.5 Å². The van der Waals surface area contributed by atoms with Crippen molar-refractivity contribution >= 4 is 40.0 Å². The zero-order valence-electron chi connectivity index (χ0n) is 10.5. The van der Waals surface area contributed by atoms with Crippen LogP contribution in [0.15, 0.2) is 17.6 Å². The van der Waals surface area contributed by atoms with Gasteiger partial charge in [-0.15, -0.1) is 11.3 Å². The molecular weight excluding hydrogens is 296 g/mol. The molecular formula is C11H10N6OS2. The van der Waals surface area contributed by atoms with Gasteiger partial charge in [-0.1, -0.05) is 11.8 Å². The molecule has 0 atom stereocenters. The molecule has 102 valence electrons. The quantitative estimate of drug-likeness (QED) is 0.648. The monoisotopic (exact) mass is 306 g/mol. The fourth-order valence-electron chi connectivity index (χ4n) is 1.23. The third-order valence-corrected chi connectivity index (χ3v) is 3.81. The Morgan fingerprint density at radius 3 is 2.95 bits per heavy atom. The number of nitriles is 1. The Balaban J connectivity index is 1.90. The van der Waals surface area contributed by atoms with E-state index in [1.807, 2.05) is 13.0 Å². The van der Waals surface area contributed by atoms with Crippen LogP contribution in [0.25, 0.3) is 0 Å². The van der Waals surface area contributed by atoms with Crippen LogP contribution >= 0.6 is 23.1 Å². The van der Waals surface area contributed by atoms with Crippen LogP contribution in [-0.2, 0) is 4.79 Å². The highest BCUT2D eigenvalue weighted by molar-refractivity contribution is 7.99. The van der Waals surface area contributed by atoms with Crippen molar-refractivity contribution in [3.8, 4) is 6.07 Å². The number of aromatic nitrogens is 3. The number of hydrogen-bond acceptors (Lipinski definition) is 8. The minimum absolute atomic E-state index is 0.112. The zero-order chi connectivity index (χ0) is 14.5. The van der Waals surface area contributed by atoms with Crippen molar-refractivity contribution in [3.05, 3.63) is 22.8 Å². The largest absolute Gasteiger partial charge is 0.382 e. The van der Waals surface area contributed by atoms with Gasteiger partial charge in [0.05, 0.1) is 11.9 Å². The molecule has 0 aliphatic heterocycles. The Kier molecular flexibility index (Phi) is 4.49. The van der Waals surface area contributed by atoms with Gasteiger partial charge in [-0.25, -0.2) is 15.0 Å². The van der Waals surface area contributed by atoms with E-state index in [-0.39, 0.29) is 23.0 Å². The summed E-state index contributed by atoms with van der Waals surface area (Å²) in [5.74, 6) is 0.0566. The van der Waals surface area contributed by atoms with Crippen molar-refractivity contribution in [3.63, 3.8) is 0 Å². The van der Waals surface area contributed by atoms with E-state index in [1.54, 1.807) is 6.20 Å². The third kappa shape index (κ3) is 3.66. The van der Waals surface area contributed by atoms with Gasteiger partial charge in [-0.2, -0.15) is 5.26 Å². The molecule has 2 heterocycles. The van der Waals surface area contributed by atoms with Crippen LogP contribution in [0.2, 0.25) is 0 Å². The molecule has 7 nitrogen and oxygen atoms in total. The molecule has 1 amide bonds. The number of nitrogen functional groups attached to an aromatic ring is 1. The maximum atomic E-state index is 11.7. The number of nitrogens with two attached hydrogens (primary N) is 1. The molecule has 2 aromatic rings. The van der Waals surface area contributed by atoms with Gasteiger partial charge in [0.25, 0.3) is 0 Å². The molecule has 2 aromatic heterocycles. The smallest absolute Gasteiger partial charge is 0.236 e.